The van der Waals surface area contributed by atoms with E-state index in [2.05, 4.69) is 10.2 Å². The summed E-state index contributed by atoms with van der Waals surface area (Å²) in [4.78, 5) is 31.8. The molecule has 2 amide bonds. The summed E-state index contributed by atoms with van der Waals surface area (Å²) in [6.45, 7) is 4.88. The summed E-state index contributed by atoms with van der Waals surface area (Å²) in [7, 11) is 4.85. The summed E-state index contributed by atoms with van der Waals surface area (Å²) < 4.78 is 16.3. The highest BCUT2D eigenvalue weighted by Crippen LogP contribution is 2.46. The standard InChI is InChI=1S/C24H31N3O5S/c1-26-22(20-6-4-13-33-20)21(23(28)25-7-5-8-27-9-11-32-12-10-27)16-14-18(30-2)19(31-3)15-17(16)24(26)29/h4,6,13-15,21-22H,5,7-12H2,1-3H3,(H,25,28)/t21-,22+/m0/s1. The van der Waals surface area contributed by atoms with Crippen molar-refractivity contribution in [3.05, 3.63) is 45.6 Å². The van der Waals surface area contributed by atoms with Crippen LogP contribution in [0.15, 0.2) is 29.6 Å². The van der Waals surface area contributed by atoms with Gasteiger partial charge in [0.1, 0.15) is 0 Å². The minimum absolute atomic E-state index is 0.0943. The summed E-state index contributed by atoms with van der Waals surface area (Å²) in [5, 5.41) is 5.09. The lowest BCUT2D eigenvalue weighted by Crippen LogP contribution is -2.46. The third-order valence-electron chi connectivity index (χ3n) is 6.35. The van der Waals surface area contributed by atoms with Crippen molar-refractivity contribution in [2.24, 2.45) is 0 Å². The van der Waals surface area contributed by atoms with Gasteiger partial charge in [-0.2, -0.15) is 0 Å². The van der Waals surface area contributed by atoms with Crippen molar-refractivity contribution in [2.45, 2.75) is 18.4 Å². The van der Waals surface area contributed by atoms with Gasteiger partial charge in [-0.15, -0.1) is 11.3 Å². The Morgan fingerprint density at radius 3 is 2.61 bits per heavy atom. The predicted molar refractivity (Wildman–Crippen MR) is 126 cm³/mol. The maximum atomic E-state index is 13.6. The van der Waals surface area contributed by atoms with Crippen LogP contribution < -0.4 is 14.8 Å². The first kappa shape index (κ1) is 23.5. The minimum Gasteiger partial charge on any atom is -0.493 e. The summed E-state index contributed by atoms with van der Waals surface area (Å²) in [5.41, 5.74) is 1.14. The zero-order chi connectivity index (χ0) is 23.4. The number of thiophene rings is 1. The van der Waals surface area contributed by atoms with E-state index in [0.717, 1.165) is 44.1 Å². The van der Waals surface area contributed by atoms with E-state index in [-0.39, 0.29) is 17.9 Å². The molecule has 0 radical (unpaired) electrons. The lowest BCUT2D eigenvalue weighted by Gasteiger charge is -2.39. The molecule has 0 unspecified atom stereocenters. The number of hydrogen-bond acceptors (Lipinski definition) is 7. The van der Waals surface area contributed by atoms with Crippen LogP contribution in [-0.2, 0) is 9.53 Å². The van der Waals surface area contributed by atoms with Crippen molar-refractivity contribution >= 4 is 23.2 Å². The Bertz CT molecular complexity index is 975. The van der Waals surface area contributed by atoms with Crippen molar-refractivity contribution in [1.82, 2.24) is 15.1 Å². The van der Waals surface area contributed by atoms with E-state index in [1.54, 1.807) is 42.5 Å². The molecule has 0 saturated carbocycles. The SMILES string of the molecule is COc1cc2c(cc1OC)[C@H](C(=O)NCCCN1CCOCC1)[C@@H](c1cccs1)N(C)C2=O. The molecule has 178 valence electrons. The number of nitrogens with zero attached hydrogens (tertiary/aromatic N) is 2. The van der Waals surface area contributed by atoms with Crippen molar-refractivity contribution in [3.63, 3.8) is 0 Å². The largest absolute Gasteiger partial charge is 0.493 e. The maximum Gasteiger partial charge on any atom is 0.254 e. The number of morpholine rings is 1. The second kappa shape index (κ2) is 10.5. The number of ether oxygens (including phenoxy) is 3. The second-order valence-electron chi connectivity index (χ2n) is 8.25. The molecule has 0 spiro atoms. The molecule has 2 aliphatic rings. The van der Waals surface area contributed by atoms with Crippen molar-refractivity contribution < 1.29 is 23.8 Å². The predicted octanol–water partition coefficient (Wildman–Crippen LogP) is 2.51. The number of likely N-dealkylation sites (N-methyl/N-ethyl adjacent to an activating group) is 1. The number of carbonyl (C=O) groups excluding carboxylic acids is 2. The number of methoxy groups -OCH3 is 2. The van der Waals surface area contributed by atoms with Gasteiger partial charge in [-0.1, -0.05) is 6.07 Å². The van der Waals surface area contributed by atoms with Crippen LogP contribution in [0.3, 0.4) is 0 Å². The normalized spacial score (nSPS) is 20.9. The van der Waals surface area contributed by atoms with Gasteiger partial charge in [0, 0.05) is 37.1 Å². The highest BCUT2D eigenvalue weighted by atomic mass is 32.1. The molecule has 0 aliphatic carbocycles. The van der Waals surface area contributed by atoms with E-state index in [4.69, 9.17) is 14.2 Å². The van der Waals surface area contributed by atoms with E-state index in [1.165, 1.54) is 7.11 Å². The van der Waals surface area contributed by atoms with Crippen LogP contribution in [-0.4, -0.2) is 82.3 Å². The number of nitrogens with one attached hydrogen (secondary N) is 1. The molecule has 1 fully saturated rings. The molecule has 3 heterocycles. The van der Waals surface area contributed by atoms with E-state index in [0.29, 0.717) is 29.2 Å². The molecule has 1 N–H and O–H groups in total. The van der Waals surface area contributed by atoms with Gasteiger partial charge in [0.2, 0.25) is 5.91 Å². The summed E-state index contributed by atoms with van der Waals surface area (Å²) in [6, 6.07) is 6.99. The maximum absolute atomic E-state index is 13.6. The first-order valence-corrected chi connectivity index (χ1v) is 12.1. The van der Waals surface area contributed by atoms with Gasteiger partial charge in [0.25, 0.3) is 5.91 Å². The van der Waals surface area contributed by atoms with E-state index in [9.17, 15) is 9.59 Å². The number of carbonyl (C=O) groups is 2. The minimum atomic E-state index is -0.551. The number of amides is 2. The first-order chi connectivity index (χ1) is 16.0. The van der Waals surface area contributed by atoms with Crippen molar-refractivity contribution in [3.8, 4) is 11.5 Å². The Hall–Kier alpha value is -2.62. The smallest absolute Gasteiger partial charge is 0.254 e. The molecular formula is C24H31N3O5S. The highest BCUT2D eigenvalue weighted by Gasteiger charge is 2.44. The molecule has 2 aliphatic heterocycles. The Labute approximate surface area is 198 Å². The van der Waals surface area contributed by atoms with Crippen LogP contribution in [0, 0.1) is 0 Å². The van der Waals surface area contributed by atoms with Gasteiger partial charge in [-0.25, -0.2) is 0 Å². The number of hydrogen-bond donors (Lipinski definition) is 1. The molecule has 2 atom stereocenters. The fourth-order valence-corrected chi connectivity index (χ4v) is 5.50. The molecule has 2 aromatic rings. The molecule has 8 nitrogen and oxygen atoms in total. The Morgan fingerprint density at radius 1 is 1.21 bits per heavy atom. The van der Waals surface area contributed by atoms with Crippen molar-refractivity contribution in [1.29, 1.82) is 0 Å². The number of fused-ring (bicyclic) bond motifs is 1. The first-order valence-electron chi connectivity index (χ1n) is 11.2. The molecular weight excluding hydrogens is 442 g/mol. The molecule has 1 aromatic heterocycles. The number of benzene rings is 1. The fourth-order valence-electron chi connectivity index (χ4n) is 4.60. The van der Waals surface area contributed by atoms with E-state index < -0.39 is 5.92 Å². The van der Waals surface area contributed by atoms with Crippen molar-refractivity contribution in [2.75, 3.05) is 60.7 Å². The van der Waals surface area contributed by atoms with Crippen LogP contribution in [0.1, 0.15) is 39.2 Å². The number of rotatable bonds is 8. The van der Waals surface area contributed by atoms with Gasteiger partial charge in [-0.05, 0) is 42.1 Å². The van der Waals surface area contributed by atoms with Gasteiger partial charge in [0.15, 0.2) is 11.5 Å². The topological polar surface area (TPSA) is 80.3 Å². The Balaban J connectivity index is 1.60. The second-order valence-corrected chi connectivity index (χ2v) is 9.23. The van der Waals surface area contributed by atoms with Crippen LogP contribution in [0.4, 0.5) is 0 Å². The van der Waals surface area contributed by atoms with Gasteiger partial charge in [-0.3, -0.25) is 14.5 Å². The average Bonchev–Trinajstić information content (AvgIpc) is 3.38. The van der Waals surface area contributed by atoms with Crippen LogP contribution in [0.2, 0.25) is 0 Å². The third kappa shape index (κ3) is 4.85. The molecule has 0 bridgehead atoms. The Morgan fingerprint density at radius 2 is 1.94 bits per heavy atom. The zero-order valence-electron chi connectivity index (χ0n) is 19.3. The third-order valence-corrected chi connectivity index (χ3v) is 7.29. The van der Waals surface area contributed by atoms with E-state index in [1.807, 2.05) is 17.5 Å². The van der Waals surface area contributed by atoms with Gasteiger partial charge < -0.3 is 24.4 Å². The van der Waals surface area contributed by atoms with Crippen LogP contribution in [0.5, 0.6) is 11.5 Å². The zero-order valence-corrected chi connectivity index (χ0v) is 20.2. The average molecular weight is 474 g/mol. The lowest BCUT2D eigenvalue weighted by atomic mass is 9.81. The molecule has 4 rings (SSSR count). The molecule has 9 heteroatoms. The molecule has 1 aromatic carbocycles. The Kier molecular flexibility index (Phi) is 7.52. The van der Waals surface area contributed by atoms with Crippen LogP contribution in [0.25, 0.3) is 0 Å². The van der Waals surface area contributed by atoms with Gasteiger partial charge in [0.05, 0.1) is 39.4 Å². The van der Waals surface area contributed by atoms with E-state index >= 15 is 0 Å². The quantitative estimate of drug-likeness (QED) is 0.594. The summed E-state index contributed by atoms with van der Waals surface area (Å²) in [6.07, 6.45) is 0.857. The lowest BCUT2D eigenvalue weighted by molar-refractivity contribution is -0.124. The summed E-state index contributed by atoms with van der Waals surface area (Å²) in [5.74, 6) is 0.189. The van der Waals surface area contributed by atoms with Crippen LogP contribution >= 0.6 is 11.3 Å². The summed E-state index contributed by atoms with van der Waals surface area (Å²) >= 11 is 1.55. The monoisotopic (exact) mass is 473 g/mol. The fraction of sp³-hybridized carbons (Fsp3) is 0.500. The highest BCUT2D eigenvalue weighted by molar-refractivity contribution is 7.10. The molecule has 1 saturated heterocycles. The molecule has 33 heavy (non-hydrogen) atoms. The van der Waals surface area contributed by atoms with Gasteiger partial charge >= 0.3 is 0 Å².